The molecule has 1 amide bonds. The molecule has 0 radical (unpaired) electrons. The number of fused-ring (bicyclic) bond motifs is 1. The molecule has 0 atom stereocenters. The van der Waals surface area contributed by atoms with Gasteiger partial charge in [-0.15, -0.1) is 16.4 Å². The van der Waals surface area contributed by atoms with Gasteiger partial charge in [0.2, 0.25) is 0 Å². The lowest BCUT2D eigenvalue weighted by Crippen LogP contribution is -2.25. The van der Waals surface area contributed by atoms with Crippen molar-refractivity contribution < 1.29 is 4.79 Å². The Labute approximate surface area is 118 Å². The van der Waals surface area contributed by atoms with Gasteiger partial charge in [0, 0.05) is 24.4 Å². The Morgan fingerprint density at radius 1 is 1.47 bits per heavy atom. The van der Waals surface area contributed by atoms with Crippen molar-refractivity contribution >= 4 is 33.9 Å². The van der Waals surface area contributed by atoms with Crippen molar-refractivity contribution in [1.29, 1.82) is 0 Å². The minimum absolute atomic E-state index is 0.174. The van der Waals surface area contributed by atoms with E-state index in [0.29, 0.717) is 15.7 Å². The number of amides is 1. The molecule has 1 aliphatic rings. The van der Waals surface area contributed by atoms with E-state index in [2.05, 4.69) is 31.8 Å². The summed E-state index contributed by atoms with van der Waals surface area (Å²) in [6.45, 7) is 3.70. The first-order valence-electron chi connectivity index (χ1n) is 5.91. The van der Waals surface area contributed by atoms with Crippen LogP contribution in [0, 0.1) is 6.92 Å². The molecule has 0 saturated carbocycles. The van der Waals surface area contributed by atoms with Crippen LogP contribution in [0.3, 0.4) is 0 Å². The van der Waals surface area contributed by atoms with E-state index >= 15 is 0 Å². The average molecular weight is 295 g/mol. The molecular weight excluding hydrogens is 282 g/mol. The smallest absolute Gasteiger partial charge is 0.271 e. The maximum Gasteiger partial charge on any atom is 0.271 e. The molecule has 19 heavy (non-hydrogen) atoms. The number of carbonyl (C=O) groups excluding carboxylic acids is 1. The van der Waals surface area contributed by atoms with Crippen LogP contribution in [0.4, 0.5) is 5.13 Å². The van der Waals surface area contributed by atoms with Gasteiger partial charge in [0.05, 0.1) is 11.4 Å². The maximum absolute atomic E-state index is 12.0. The Hall–Kier alpha value is -1.38. The van der Waals surface area contributed by atoms with Crippen LogP contribution in [0.1, 0.15) is 25.9 Å². The number of anilines is 1. The van der Waals surface area contributed by atoms with Gasteiger partial charge >= 0.3 is 0 Å². The third-order valence-electron chi connectivity index (χ3n) is 3.00. The first-order chi connectivity index (χ1) is 9.13. The molecule has 0 aromatic carbocycles. The van der Waals surface area contributed by atoms with Gasteiger partial charge in [0.15, 0.2) is 5.13 Å². The van der Waals surface area contributed by atoms with Crippen LogP contribution in [0.2, 0.25) is 0 Å². The number of carbonyl (C=O) groups is 1. The molecule has 0 aliphatic carbocycles. The molecule has 0 saturated heterocycles. The SMILES string of the molecule is Cc1nnsc1C(=O)Nc1nc2c(s1)CN(C)CC2. The Balaban J connectivity index is 1.78. The summed E-state index contributed by atoms with van der Waals surface area (Å²) in [6.07, 6.45) is 0.944. The monoisotopic (exact) mass is 295 g/mol. The van der Waals surface area contributed by atoms with Crippen molar-refractivity contribution in [2.45, 2.75) is 19.9 Å². The molecule has 1 aliphatic heterocycles. The third kappa shape index (κ3) is 2.51. The Morgan fingerprint density at radius 3 is 3.05 bits per heavy atom. The highest BCUT2D eigenvalue weighted by molar-refractivity contribution is 7.16. The number of aryl methyl sites for hydroxylation is 1. The quantitative estimate of drug-likeness (QED) is 0.910. The summed E-state index contributed by atoms with van der Waals surface area (Å²) in [5.41, 5.74) is 1.76. The van der Waals surface area contributed by atoms with Gasteiger partial charge in [-0.3, -0.25) is 10.1 Å². The van der Waals surface area contributed by atoms with Crippen molar-refractivity contribution in [1.82, 2.24) is 19.5 Å². The number of nitrogens with zero attached hydrogens (tertiary/aromatic N) is 4. The first-order valence-corrected chi connectivity index (χ1v) is 7.50. The molecule has 8 heteroatoms. The lowest BCUT2D eigenvalue weighted by molar-refractivity contribution is 0.103. The van der Waals surface area contributed by atoms with Crippen LogP contribution in [0.15, 0.2) is 0 Å². The van der Waals surface area contributed by atoms with Crippen LogP contribution >= 0.6 is 22.9 Å². The van der Waals surface area contributed by atoms with E-state index in [1.165, 1.54) is 4.88 Å². The van der Waals surface area contributed by atoms with Crippen LogP contribution < -0.4 is 5.32 Å². The van der Waals surface area contributed by atoms with E-state index < -0.39 is 0 Å². The van der Waals surface area contributed by atoms with Crippen LogP contribution in [0.25, 0.3) is 0 Å². The van der Waals surface area contributed by atoms with Crippen LogP contribution in [-0.4, -0.2) is 39.0 Å². The van der Waals surface area contributed by atoms with Crippen molar-refractivity contribution in [3.05, 3.63) is 21.1 Å². The van der Waals surface area contributed by atoms with E-state index in [1.807, 2.05) is 0 Å². The summed E-state index contributed by atoms with van der Waals surface area (Å²) < 4.78 is 3.77. The summed E-state index contributed by atoms with van der Waals surface area (Å²) in [7, 11) is 2.09. The van der Waals surface area contributed by atoms with E-state index in [9.17, 15) is 4.79 Å². The molecule has 2 aromatic rings. The normalized spacial score (nSPS) is 15.3. The molecule has 100 valence electrons. The number of thiazole rings is 1. The van der Waals surface area contributed by atoms with E-state index in [0.717, 1.165) is 36.7 Å². The van der Waals surface area contributed by atoms with Crippen molar-refractivity contribution in [3.8, 4) is 0 Å². The second-order valence-corrected chi connectivity index (χ2v) is 6.36. The highest BCUT2D eigenvalue weighted by Crippen LogP contribution is 2.28. The first kappa shape index (κ1) is 12.6. The minimum atomic E-state index is -0.174. The molecule has 0 bridgehead atoms. The van der Waals surface area contributed by atoms with Crippen molar-refractivity contribution in [3.63, 3.8) is 0 Å². The van der Waals surface area contributed by atoms with Gasteiger partial charge in [-0.05, 0) is 25.5 Å². The Morgan fingerprint density at radius 2 is 2.32 bits per heavy atom. The lowest BCUT2D eigenvalue weighted by Gasteiger charge is -2.20. The van der Waals surface area contributed by atoms with E-state index in [1.54, 1.807) is 18.3 Å². The summed E-state index contributed by atoms with van der Waals surface area (Å²) in [4.78, 5) is 20.6. The molecular formula is C11H13N5OS2. The van der Waals surface area contributed by atoms with Crippen molar-refractivity contribution in [2.75, 3.05) is 18.9 Å². The highest BCUT2D eigenvalue weighted by atomic mass is 32.1. The predicted octanol–water partition coefficient (Wildman–Crippen LogP) is 1.54. The number of hydrogen-bond donors (Lipinski definition) is 1. The van der Waals surface area contributed by atoms with E-state index in [4.69, 9.17) is 0 Å². The maximum atomic E-state index is 12.0. The molecule has 0 unspecified atom stereocenters. The summed E-state index contributed by atoms with van der Waals surface area (Å²) >= 11 is 2.66. The number of likely N-dealkylation sites (N-methyl/N-ethyl adjacent to an activating group) is 1. The second kappa shape index (κ2) is 4.95. The second-order valence-electron chi connectivity index (χ2n) is 4.52. The predicted molar refractivity (Wildman–Crippen MR) is 74.8 cm³/mol. The average Bonchev–Trinajstić information content (AvgIpc) is 2.94. The molecule has 0 spiro atoms. The Kier molecular flexibility index (Phi) is 3.29. The largest absolute Gasteiger partial charge is 0.301 e. The zero-order valence-electron chi connectivity index (χ0n) is 10.6. The van der Waals surface area contributed by atoms with Crippen LogP contribution in [0.5, 0.6) is 0 Å². The summed E-state index contributed by atoms with van der Waals surface area (Å²) in [6, 6.07) is 0. The van der Waals surface area contributed by atoms with Gasteiger partial charge in [0.25, 0.3) is 5.91 Å². The number of aromatic nitrogens is 3. The Bertz CT molecular complexity index is 620. The molecule has 0 fully saturated rings. The van der Waals surface area contributed by atoms with Gasteiger partial charge in [-0.2, -0.15) is 0 Å². The van der Waals surface area contributed by atoms with Gasteiger partial charge in [0.1, 0.15) is 4.88 Å². The fourth-order valence-electron chi connectivity index (χ4n) is 1.97. The van der Waals surface area contributed by atoms with Crippen LogP contribution in [-0.2, 0) is 13.0 Å². The summed E-state index contributed by atoms with van der Waals surface area (Å²) in [5, 5.41) is 7.34. The zero-order chi connectivity index (χ0) is 13.4. The fraction of sp³-hybridized carbons (Fsp3) is 0.455. The molecule has 3 rings (SSSR count). The fourth-order valence-corrected chi connectivity index (χ4v) is 3.61. The number of hydrogen-bond acceptors (Lipinski definition) is 7. The van der Waals surface area contributed by atoms with Gasteiger partial charge in [-0.1, -0.05) is 4.49 Å². The highest BCUT2D eigenvalue weighted by Gasteiger charge is 2.20. The molecule has 3 heterocycles. The third-order valence-corrected chi connectivity index (χ3v) is 4.82. The lowest BCUT2D eigenvalue weighted by atomic mass is 10.2. The topological polar surface area (TPSA) is 71.0 Å². The number of nitrogens with one attached hydrogen (secondary N) is 1. The summed E-state index contributed by atoms with van der Waals surface area (Å²) in [5.74, 6) is -0.174. The standard InChI is InChI=1S/C11H13N5OS2/c1-6-9(19-15-14-6)10(17)13-11-12-7-3-4-16(2)5-8(7)18-11/h3-5H2,1-2H3,(H,12,13,17). The molecule has 6 nitrogen and oxygen atoms in total. The van der Waals surface area contributed by atoms with Gasteiger partial charge < -0.3 is 4.90 Å². The molecule has 1 N–H and O–H groups in total. The minimum Gasteiger partial charge on any atom is -0.301 e. The van der Waals surface area contributed by atoms with Gasteiger partial charge in [-0.25, -0.2) is 4.98 Å². The number of rotatable bonds is 2. The zero-order valence-corrected chi connectivity index (χ0v) is 12.3. The van der Waals surface area contributed by atoms with Crippen molar-refractivity contribution in [2.24, 2.45) is 0 Å². The van der Waals surface area contributed by atoms with E-state index in [-0.39, 0.29) is 5.91 Å². The molecule has 2 aromatic heterocycles.